The third-order valence-corrected chi connectivity index (χ3v) is 5.48. The minimum atomic E-state index is -4.64. The summed E-state index contributed by atoms with van der Waals surface area (Å²) < 4.78 is 50.8. The number of nitrogens with two attached hydrogens (primary N) is 1. The predicted octanol–water partition coefficient (Wildman–Crippen LogP) is 4.68. The molecule has 0 aliphatic carbocycles. The number of ether oxygens (including phenoxy) is 1. The highest BCUT2D eigenvalue weighted by Crippen LogP contribution is 2.37. The van der Waals surface area contributed by atoms with Gasteiger partial charge in [-0.05, 0) is 42.3 Å². The van der Waals surface area contributed by atoms with Crippen molar-refractivity contribution in [2.45, 2.75) is 25.7 Å². The molecule has 0 fully saturated rings. The predicted molar refractivity (Wildman–Crippen MR) is 128 cm³/mol. The summed E-state index contributed by atoms with van der Waals surface area (Å²) in [5.41, 5.74) is 6.65. The van der Waals surface area contributed by atoms with Gasteiger partial charge in [0.25, 0.3) is 5.91 Å². The number of hydrogen-bond donors (Lipinski definition) is 3. The van der Waals surface area contributed by atoms with Crippen molar-refractivity contribution in [3.05, 3.63) is 76.8 Å². The Bertz CT molecular complexity index is 1460. The van der Waals surface area contributed by atoms with Crippen LogP contribution in [-0.4, -0.2) is 34.4 Å². The molecule has 9 nitrogen and oxygen atoms in total. The fourth-order valence-electron chi connectivity index (χ4n) is 3.67. The first-order chi connectivity index (χ1) is 17.6. The van der Waals surface area contributed by atoms with Gasteiger partial charge < -0.3 is 25.4 Å². The Balaban J connectivity index is 1.68. The fraction of sp³-hybridized carbons (Fsp3) is 0.200. The van der Waals surface area contributed by atoms with Crippen molar-refractivity contribution in [2.24, 2.45) is 10.9 Å². The smallest absolute Gasteiger partial charge is 0.433 e. The second-order valence-corrected chi connectivity index (χ2v) is 8.10. The van der Waals surface area contributed by atoms with Crippen LogP contribution < -0.4 is 15.8 Å². The van der Waals surface area contributed by atoms with Crippen LogP contribution in [0.15, 0.2) is 58.1 Å². The fourth-order valence-corrected chi connectivity index (χ4v) is 3.67. The second-order valence-electron chi connectivity index (χ2n) is 8.10. The first-order valence-electron chi connectivity index (χ1n) is 11.0. The van der Waals surface area contributed by atoms with Crippen molar-refractivity contribution in [3.8, 4) is 17.2 Å². The molecule has 0 spiro atoms. The van der Waals surface area contributed by atoms with Gasteiger partial charge in [-0.3, -0.25) is 4.79 Å². The lowest BCUT2D eigenvalue weighted by Crippen LogP contribution is -2.25. The number of fused-ring (bicyclic) bond motifs is 1. The summed E-state index contributed by atoms with van der Waals surface area (Å²) in [6, 6.07) is 11.4. The third kappa shape index (κ3) is 5.38. The highest BCUT2D eigenvalue weighted by molar-refractivity contribution is 5.98. The molecule has 0 saturated carbocycles. The maximum atomic E-state index is 13.3. The zero-order valence-corrected chi connectivity index (χ0v) is 19.7. The number of hydrogen-bond acceptors (Lipinski definition) is 8. The lowest BCUT2D eigenvalue weighted by atomic mass is 10.1. The van der Waals surface area contributed by atoms with Gasteiger partial charge in [-0.25, -0.2) is 9.97 Å². The third-order valence-electron chi connectivity index (χ3n) is 5.48. The van der Waals surface area contributed by atoms with Crippen LogP contribution in [-0.2, 0) is 12.7 Å². The van der Waals surface area contributed by atoms with Crippen molar-refractivity contribution >= 4 is 23.0 Å². The van der Waals surface area contributed by atoms with Gasteiger partial charge in [0.2, 0.25) is 5.89 Å². The number of rotatable bonds is 7. The van der Waals surface area contributed by atoms with E-state index in [1.54, 1.807) is 37.3 Å². The Labute approximate surface area is 208 Å². The molecule has 12 heteroatoms. The number of carbonyl (C=O) groups excluding carboxylic acids is 1. The summed E-state index contributed by atoms with van der Waals surface area (Å²) in [7, 11) is 1.33. The minimum Gasteiger partial charge on any atom is -0.494 e. The first-order valence-corrected chi connectivity index (χ1v) is 11.0. The quantitative estimate of drug-likeness (QED) is 0.186. The number of oxime groups is 1. The van der Waals surface area contributed by atoms with Gasteiger partial charge in [0.1, 0.15) is 17.0 Å². The largest absolute Gasteiger partial charge is 0.494 e. The second kappa shape index (κ2) is 10.3. The molecule has 4 aromatic rings. The van der Waals surface area contributed by atoms with Crippen LogP contribution in [0.3, 0.4) is 0 Å². The van der Waals surface area contributed by atoms with E-state index in [0.717, 1.165) is 11.6 Å². The molecule has 0 aliphatic heterocycles. The Morgan fingerprint density at radius 1 is 1.19 bits per heavy atom. The maximum absolute atomic E-state index is 13.3. The Morgan fingerprint density at radius 3 is 2.54 bits per heavy atom. The number of nitrogens with zero attached hydrogens (tertiary/aromatic N) is 3. The number of methoxy groups -OCH3 is 1. The number of alkyl halides is 3. The molecule has 4 N–H and O–H groups in total. The van der Waals surface area contributed by atoms with E-state index in [0.29, 0.717) is 16.5 Å². The van der Waals surface area contributed by atoms with Crippen LogP contribution >= 0.6 is 0 Å². The van der Waals surface area contributed by atoms with Crippen molar-refractivity contribution < 1.29 is 32.3 Å². The number of oxazole rings is 1. The lowest BCUT2D eigenvalue weighted by molar-refractivity contribution is -0.140. The summed E-state index contributed by atoms with van der Waals surface area (Å²) in [4.78, 5) is 21.0. The molecule has 0 radical (unpaired) electrons. The normalized spacial score (nSPS) is 12.7. The molecule has 192 valence electrons. The van der Waals surface area contributed by atoms with E-state index in [1.165, 1.54) is 25.5 Å². The Hall–Kier alpha value is -4.45. The first kappa shape index (κ1) is 25.6. The van der Waals surface area contributed by atoms with E-state index in [2.05, 4.69) is 20.4 Å². The molecule has 2 aromatic heterocycles. The van der Waals surface area contributed by atoms with Gasteiger partial charge >= 0.3 is 6.18 Å². The van der Waals surface area contributed by atoms with Crippen LogP contribution in [0.1, 0.15) is 46.0 Å². The van der Waals surface area contributed by atoms with Crippen molar-refractivity contribution in [3.63, 3.8) is 0 Å². The van der Waals surface area contributed by atoms with Crippen LogP contribution in [0.2, 0.25) is 0 Å². The van der Waals surface area contributed by atoms with Gasteiger partial charge in [0, 0.05) is 17.5 Å². The van der Waals surface area contributed by atoms with Gasteiger partial charge in [0.15, 0.2) is 11.5 Å². The van der Waals surface area contributed by atoms with Crippen LogP contribution in [0.4, 0.5) is 13.2 Å². The molecule has 0 saturated heterocycles. The van der Waals surface area contributed by atoms with Crippen LogP contribution in [0, 0.1) is 0 Å². The molecule has 0 unspecified atom stereocenters. The molecule has 2 aromatic carbocycles. The van der Waals surface area contributed by atoms with Gasteiger partial charge in [-0.15, -0.1) is 0 Å². The highest BCUT2D eigenvalue weighted by Gasteiger charge is 2.33. The number of aromatic nitrogens is 2. The number of carbonyl (C=O) groups is 1. The lowest BCUT2D eigenvalue weighted by Gasteiger charge is -2.11. The number of amides is 1. The number of halogens is 3. The summed E-state index contributed by atoms with van der Waals surface area (Å²) >= 11 is 0. The number of pyridine rings is 1. The Morgan fingerprint density at radius 2 is 1.92 bits per heavy atom. The van der Waals surface area contributed by atoms with E-state index < -0.39 is 23.8 Å². The van der Waals surface area contributed by atoms with Gasteiger partial charge in [-0.2, -0.15) is 13.2 Å². The average Bonchev–Trinajstić information content (AvgIpc) is 3.32. The van der Waals surface area contributed by atoms with E-state index >= 15 is 0 Å². The topological polar surface area (TPSA) is 136 Å². The zero-order chi connectivity index (χ0) is 26.7. The number of nitrogens with one attached hydrogen (secondary N) is 1. The summed E-state index contributed by atoms with van der Waals surface area (Å²) in [5, 5.41) is 14.6. The summed E-state index contributed by atoms with van der Waals surface area (Å²) in [5.74, 6) is -0.290. The van der Waals surface area contributed by atoms with Crippen molar-refractivity contribution in [1.82, 2.24) is 15.3 Å². The minimum absolute atomic E-state index is 0.000643. The van der Waals surface area contributed by atoms with E-state index in [1.807, 2.05) is 0 Å². The Kier molecular flexibility index (Phi) is 7.11. The van der Waals surface area contributed by atoms with E-state index in [4.69, 9.17) is 20.1 Å². The van der Waals surface area contributed by atoms with Crippen LogP contribution in [0.5, 0.6) is 5.75 Å². The summed E-state index contributed by atoms with van der Waals surface area (Å²) in [6.45, 7) is 1.79. The van der Waals surface area contributed by atoms with Crippen LogP contribution in [0.25, 0.3) is 22.4 Å². The summed E-state index contributed by atoms with van der Waals surface area (Å²) in [6.07, 6.45) is -3.37. The van der Waals surface area contributed by atoms with Crippen molar-refractivity contribution in [2.75, 3.05) is 7.11 Å². The molecule has 0 bridgehead atoms. The molecule has 2 heterocycles. The molecule has 37 heavy (non-hydrogen) atoms. The molecule has 0 aliphatic rings. The molecule has 1 amide bonds. The molecule has 4 rings (SSSR count). The molecular formula is C25H22F3N5O4. The SMILES string of the molecule is COc1ccc(-c2nc(C(=O)NCc3ccc(/C=N/O)cc3)c([C@H](C)N)o2)c2ccc(C(F)(F)F)nc12. The van der Waals surface area contributed by atoms with Gasteiger partial charge in [-0.1, -0.05) is 29.4 Å². The van der Waals surface area contributed by atoms with Crippen molar-refractivity contribution in [1.29, 1.82) is 0 Å². The number of benzene rings is 2. The molecular weight excluding hydrogens is 491 g/mol. The molecule has 1 atom stereocenters. The van der Waals surface area contributed by atoms with E-state index in [-0.39, 0.29) is 35.2 Å². The highest BCUT2D eigenvalue weighted by atomic mass is 19.4. The standard InChI is InChI=1S/C25H22F3N5O4/c1-13(29)22-21(23(34)30-11-14-3-5-15(6-4-14)12-31-35)33-24(37-22)17-7-9-18(36-2)20-16(17)8-10-19(32-20)25(26,27)28/h3-10,12-13,35H,11,29H2,1-2H3,(H,30,34)/b31-12+/t13-/m0/s1. The van der Waals surface area contributed by atoms with E-state index in [9.17, 15) is 18.0 Å². The zero-order valence-electron chi connectivity index (χ0n) is 19.7. The average molecular weight is 513 g/mol. The van der Waals surface area contributed by atoms with Gasteiger partial charge in [0.05, 0.1) is 19.4 Å². The maximum Gasteiger partial charge on any atom is 0.433 e. The monoisotopic (exact) mass is 513 g/mol.